The van der Waals surface area contributed by atoms with Crippen molar-refractivity contribution in [1.82, 2.24) is 18.9 Å². The third-order valence-electron chi connectivity index (χ3n) is 6.78. The molecule has 3 amide bonds. The van der Waals surface area contributed by atoms with Crippen LogP contribution in [0, 0.1) is 3.57 Å². The number of nitrogens with zero attached hydrogens (tertiary/aromatic N) is 4. The fraction of sp³-hybridized carbons (Fsp3) is 0.615. The number of hydrogen-bond donors (Lipinski definition) is 0. The molecule has 1 atom stereocenters. The summed E-state index contributed by atoms with van der Waals surface area (Å²) in [5, 5.41) is 0. The second-order valence-corrected chi connectivity index (χ2v) is 18.9. The number of hydrogen-bond acceptors (Lipinski definition) is 6. The van der Waals surface area contributed by atoms with Crippen molar-refractivity contribution in [3.8, 4) is 0 Å². The van der Waals surface area contributed by atoms with Gasteiger partial charge in [0.1, 0.15) is 18.4 Å². The average molecular weight is 657 g/mol. The second-order valence-electron chi connectivity index (χ2n) is 12.2. The molecule has 1 unspecified atom stereocenters. The molecule has 208 valence electrons. The average Bonchev–Trinajstić information content (AvgIpc) is 2.94. The summed E-state index contributed by atoms with van der Waals surface area (Å²) in [6.45, 7) is 13.4. The largest absolute Gasteiger partial charge is 0.444 e. The molecule has 2 aromatic rings. The normalized spacial score (nSPS) is 18.8. The Morgan fingerprint density at radius 2 is 1.84 bits per heavy atom. The third kappa shape index (κ3) is 6.01. The molecule has 0 N–H and O–H groups in total. The van der Waals surface area contributed by atoms with Crippen molar-refractivity contribution >= 4 is 59.6 Å². The summed E-state index contributed by atoms with van der Waals surface area (Å²) in [6, 6.07) is 3.88. The topological polar surface area (TPSA) is 103 Å². The number of aromatic nitrogens is 2. The van der Waals surface area contributed by atoms with Crippen LogP contribution in [-0.2, 0) is 32.2 Å². The Morgan fingerprint density at radius 3 is 2.50 bits per heavy atom. The summed E-state index contributed by atoms with van der Waals surface area (Å²) in [6.07, 6.45) is -0.00796. The van der Waals surface area contributed by atoms with Gasteiger partial charge in [-0.25, -0.2) is 9.59 Å². The van der Waals surface area contributed by atoms with E-state index in [2.05, 4.69) is 42.2 Å². The molecule has 1 saturated heterocycles. The first-order valence-corrected chi connectivity index (χ1v) is 17.8. The Hall–Kier alpha value is -2.19. The highest BCUT2D eigenvalue weighted by molar-refractivity contribution is 14.1. The number of likely N-dealkylation sites (tertiary alicyclic amines) is 1. The van der Waals surface area contributed by atoms with E-state index in [1.165, 1.54) is 4.57 Å². The highest BCUT2D eigenvalue weighted by atomic mass is 127. The van der Waals surface area contributed by atoms with E-state index in [4.69, 9.17) is 9.47 Å². The van der Waals surface area contributed by atoms with Crippen LogP contribution in [0.4, 0.5) is 4.79 Å². The van der Waals surface area contributed by atoms with Crippen molar-refractivity contribution in [2.24, 2.45) is 0 Å². The lowest BCUT2D eigenvalue weighted by molar-refractivity contribution is -0.157. The van der Waals surface area contributed by atoms with Gasteiger partial charge in [0.05, 0.1) is 17.6 Å². The molecular weight excluding hydrogens is 619 g/mol. The standard InChI is InChI=1S/C26H37IN4O6Si/c1-26(2,3)37-25(35)28-11-12-29-22-17(15-28)18(27)7-8-19(22)31(24(29)34)20-9-10-21(32)30(23(20)33)16-36-13-14-38(4,5)6/h7-8,20H,9-16H2,1-6H3. The van der Waals surface area contributed by atoms with E-state index in [9.17, 15) is 19.2 Å². The lowest BCUT2D eigenvalue weighted by Gasteiger charge is -2.31. The maximum atomic E-state index is 13.8. The van der Waals surface area contributed by atoms with Crippen LogP contribution >= 0.6 is 22.6 Å². The number of halogens is 1. The van der Waals surface area contributed by atoms with Crippen LogP contribution in [0.25, 0.3) is 11.0 Å². The molecule has 38 heavy (non-hydrogen) atoms. The van der Waals surface area contributed by atoms with Gasteiger partial charge in [-0.3, -0.25) is 23.6 Å². The number of imide groups is 1. The zero-order valence-corrected chi connectivity index (χ0v) is 26.2. The van der Waals surface area contributed by atoms with Gasteiger partial charge in [0.25, 0.3) is 5.91 Å². The van der Waals surface area contributed by atoms with Gasteiger partial charge in [0, 0.05) is 43.3 Å². The number of amides is 3. The van der Waals surface area contributed by atoms with E-state index in [0.717, 1.165) is 25.6 Å². The Morgan fingerprint density at radius 1 is 1.13 bits per heavy atom. The number of benzene rings is 1. The fourth-order valence-electron chi connectivity index (χ4n) is 4.79. The molecule has 1 aromatic carbocycles. The van der Waals surface area contributed by atoms with E-state index >= 15 is 0 Å². The molecule has 0 aliphatic carbocycles. The van der Waals surface area contributed by atoms with E-state index in [1.807, 2.05) is 32.9 Å². The highest BCUT2D eigenvalue weighted by Gasteiger charge is 2.39. The zero-order chi connectivity index (χ0) is 28.0. The molecule has 12 heteroatoms. The molecule has 10 nitrogen and oxygen atoms in total. The SMILES string of the molecule is CC(C)(C)OC(=O)N1CCn2c(=O)n(C3CCC(=O)N(COCC[Si](C)(C)C)C3=O)c3ccc(I)c(c32)C1. The molecular formula is C26H37IN4O6Si. The van der Waals surface area contributed by atoms with Crippen LogP contribution < -0.4 is 5.69 Å². The van der Waals surface area contributed by atoms with E-state index in [1.54, 1.807) is 9.47 Å². The number of carbonyl (C=O) groups is 3. The van der Waals surface area contributed by atoms with Gasteiger partial charge >= 0.3 is 11.8 Å². The molecule has 1 aromatic heterocycles. The van der Waals surface area contributed by atoms with Crippen LogP contribution in [0.3, 0.4) is 0 Å². The quantitative estimate of drug-likeness (QED) is 0.200. The molecule has 4 rings (SSSR count). The van der Waals surface area contributed by atoms with Gasteiger partial charge in [0.15, 0.2) is 0 Å². The summed E-state index contributed by atoms with van der Waals surface area (Å²) in [5.41, 5.74) is 1.24. The summed E-state index contributed by atoms with van der Waals surface area (Å²) in [4.78, 5) is 55.6. The number of carbonyl (C=O) groups excluding carboxylic acids is 3. The maximum Gasteiger partial charge on any atom is 0.410 e. The van der Waals surface area contributed by atoms with E-state index < -0.39 is 31.7 Å². The van der Waals surface area contributed by atoms with Gasteiger partial charge in [-0.2, -0.15) is 0 Å². The van der Waals surface area contributed by atoms with Crippen LogP contribution in [0.2, 0.25) is 25.7 Å². The first-order chi connectivity index (χ1) is 17.7. The monoisotopic (exact) mass is 656 g/mol. The van der Waals surface area contributed by atoms with Crippen LogP contribution in [0.1, 0.15) is 45.2 Å². The lowest BCUT2D eigenvalue weighted by Crippen LogP contribution is -2.48. The van der Waals surface area contributed by atoms with Crippen LogP contribution in [0.15, 0.2) is 16.9 Å². The Kier molecular flexibility index (Phi) is 8.16. The third-order valence-corrected chi connectivity index (χ3v) is 9.49. The smallest absolute Gasteiger partial charge is 0.410 e. The van der Waals surface area contributed by atoms with Gasteiger partial charge < -0.3 is 14.4 Å². The highest BCUT2D eigenvalue weighted by Crippen LogP contribution is 2.32. The molecule has 2 aliphatic heterocycles. The molecule has 2 aliphatic rings. The minimum absolute atomic E-state index is 0.0972. The van der Waals surface area contributed by atoms with Crippen molar-refractivity contribution in [3.05, 3.63) is 31.8 Å². The summed E-state index contributed by atoms with van der Waals surface area (Å²) >= 11 is 2.21. The first-order valence-electron chi connectivity index (χ1n) is 13.0. The summed E-state index contributed by atoms with van der Waals surface area (Å²) < 4.78 is 15.4. The van der Waals surface area contributed by atoms with E-state index in [-0.39, 0.29) is 37.7 Å². The minimum Gasteiger partial charge on any atom is -0.444 e. The zero-order valence-electron chi connectivity index (χ0n) is 23.0. The lowest BCUT2D eigenvalue weighted by atomic mass is 10.0. The summed E-state index contributed by atoms with van der Waals surface area (Å²) in [5.74, 6) is -0.691. The molecule has 0 spiro atoms. The molecule has 0 saturated carbocycles. The fourth-order valence-corrected chi connectivity index (χ4v) is 6.15. The number of ether oxygens (including phenoxy) is 2. The first kappa shape index (κ1) is 28.8. The number of rotatable bonds is 6. The molecule has 0 bridgehead atoms. The summed E-state index contributed by atoms with van der Waals surface area (Å²) in [7, 11) is -1.31. The van der Waals surface area contributed by atoms with Crippen LogP contribution in [-0.4, -0.2) is 70.4 Å². The Balaban J connectivity index is 1.65. The molecule has 1 fully saturated rings. The second kappa shape index (κ2) is 10.8. The van der Waals surface area contributed by atoms with Gasteiger partial charge in [-0.15, -0.1) is 0 Å². The number of piperidine rings is 1. The van der Waals surface area contributed by atoms with Crippen molar-refractivity contribution in [2.75, 3.05) is 19.9 Å². The predicted molar refractivity (Wildman–Crippen MR) is 155 cm³/mol. The molecule has 0 radical (unpaired) electrons. The van der Waals surface area contributed by atoms with Gasteiger partial charge in [-0.05, 0) is 68.0 Å². The minimum atomic E-state index is -1.31. The van der Waals surface area contributed by atoms with Crippen molar-refractivity contribution < 1.29 is 23.9 Å². The van der Waals surface area contributed by atoms with Crippen molar-refractivity contribution in [2.45, 2.75) is 84.0 Å². The Labute approximate surface area is 237 Å². The van der Waals surface area contributed by atoms with E-state index in [0.29, 0.717) is 25.2 Å². The maximum absolute atomic E-state index is 13.8. The van der Waals surface area contributed by atoms with Crippen molar-refractivity contribution in [1.29, 1.82) is 0 Å². The van der Waals surface area contributed by atoms with Gasteiger partial charge in [-0.1, -0.05) is 19.6 Å². The van der Waals surface area contributed by atoms with Crippen LogP contribution in [0.5, 0.6) is 0 Å². The van der Waals surface area contributed by atoms with Gasteiger partial charge in [0.2, 0.25) is 5.91 Å². The number of imidazole rings is 1. The Bertz CT molecular complexity index is 1320. The molecule has 3 heterocycles. The predicted octanol–water partition coefficient (Wildman–Crippen LogP) is 4.16. The van der Waals surface area contributed by atoms with Crippen molar-refractivity contribution in [3.63, 3.8) is 0 Å².